The molecule has 2 aromatic heterocycles. The Balaban J connectivity index is 2.10. The van der Waals surface area contributed by atoms with E-state index in [1.54, 1.807) is 29.7 Å². The van der Waals surface area contributed by atoms with Gasteiger partial charge in [0.1, 0.15) is 5.82 Å². The monoisotopic (exact) mass is 351 g/mol. The Morgan fingerprint density at radius 1 is 1.30 bits per heavy atom. The fraction of sp³-hybridized carbons (Fsp3) is 0.0714. The number of benzene rings is 1. The Kier molecular flexibility index (Phi) is 3.80. The van der Waals surface area contributed by atoms with Crippen molar-refractivity contribution in [3.05, 3.63) is 63.3 Å². The second kappa shape index (κ2) is 5.57. The summed E-state index contributed by atoms with van der Waals surface area (Å²) in [4.78, 5) is 4.37. The van der Waals surface area contributed by atoms with Gasteiger partial charge in [0.15, 0.2) is 0 Å². The molecule has 2 heterocycles. The maximum absolute atomic E-state index is 14.0. The first-order valence-corrected chi connectivity index (χ1v) is 7.60. The van der Waals surface area contributed by atoms with Crippen LogP contribution in [-0.2, 0) is 0 Å². The van der Waals surface area contributed by atoms with Crippen LogP contribution in [0.15, 0.2) is 46.4 Å². The van der Waals surface area contributed by atoms with Gasteiger partial charge in [0.25, 0.3) is 0 Å². The van der Waals surface area contributed by atoms with Gasteiger partial charge in [-0.25, -0.2) is 9.82 Å². The molecule has 3 N–H and O–H groups in total. The quantitative estimate of drug-likeness (QED) is 0.558. The molecular weight excluding hydrogens is 341 g/mol. The molecule has 0 radical (unpaired) electrons. The van der Waals surface area contributed by atoms with Gasteiger partial charge in [-0.1, -0.05) is 15.9 Å². The summed E-state index contributed by atoms with van der Waals surface area (Å²) >= 11 is 4.95. The molecule has 0 aliphatic rings. The number of hydrogen-bond donors (Lipinski definition) is 2. The fourth-order valence-corrected chi connectivity index (χ4v) is 3.29. The van der Waals surface area contributed by atoms with Crippen molar-refractivity contribution in [2.24, 2.45) is 5.84 Å². The third-order valence-electron chi connectivity index (χ3n) is 3.09. The van der Waals surface area contributed by atoms with Gasteiger partial charge in [-0.3, -0.25) is 10.8 Å². The molecule has 6 heteroatoms. The molecule has 1 atom stereocenters. The minimum atomic E-state index is -0.438. The van der Waals surface area contributed by atoms with Crippen LogP contribution >= 0.6 is 27.3 Å². The van der Waals surface area contributed by atoms with E-state index in [1.807, 2.05) is 17.5 Å². The number of nitrogens with two attached hydrogens (primary N) is 1. The molecule has 0 bridgehead atoms. The molecule has 1 aromatic carbocycles. The van der Waals surface area contributed by atoms with Gasteiger partial charge in [0.2, 0.25) is 0 Å². The van der Waals surface area contributed by atoms with Crippen molar-refractivity contribution >= 4 is 37.5 Å². The number of aromatic nitrogens is 1. The number of nitrogens with zero attached hydrogens (tertiary/aromatic N) is 1. The summed E-state index contributed by atoms with van der Waals surface area (Å²) in [5.41, 5.74) is 4.92. The van der Waals surface area contributed by atoms with Crippen LogP contribution in [0.3, 0.4) is 0 Å². The lowest BCUT2D eigenvalue weighted by atomic mass is 10.0. The number of hydrazine groups is 1. The predicted octanol–water partition coefficient (Wildman–Crippen LogP) is 3.75. The number of fused-ring (bicyclic) bond motifs is 1. The predicted molar refractivity (Wildman–Crippen MR) is 82.9 cm³/mol. The Bertz CT molecular complexity index is 759. The molecule has 3 rings (SSSR count). The summed E-state index contributed by atoms with van der Waals surface area (Å²) in [7, 11) is 0. The second-order valence-electron chi connectivity index (χ2n) is 4.34. The molecule has 3 aromatic rings. The summed E-state index contributed by atoms with van der Waals surface area (Å²) in [6, 6.07) is 8.30. The van der Waals surface area contributed by atoms with Gasteiger partial charge in [-0.05, 0) is 41.3 Å². The molecule has 102 valence electrons. The SMILES string of the molecule is NNC(c1cnc2ccsc2c1)c1cc(Br)ccc1F. The molecule has 0 amide bonds. The largest absolute Gasteiger partial charge is 0.271 e. The molecule has 0 saturated heterocycles. The van der Waals surface area contributed by atoms with Crippen LogP contribution in [0.25, 0.3) is 10.2 Å². The molecule has 0 saturated carbocycles. The first kappa shape index (κ1) is 13.6. The number of halogens is 2. The van der Waals surface area contributed by atoms with Gasteiger partial charge < -0.3 is 0 Å². The van der Waals surface area contributed by atoms with Crippen molar-refractivity contribution in [3.8, 4) is 0 Å². The van der Waals surface area contributed by atoms with Crippen LogP contribution < -0.4 is 11.3 Å². The Morgan fingerprint density at radius 3 is 2.95 bits per heavy atom. The van der Waals surface area contributed by atoms with E-state index in [9.17, 15) is 4.39 Å². The lowest BCUT2D eigenvalue weighted by Gasteiger charge is -2.17. The number of nitrogens with one attached hydrogen (secondary N) is 1. The van der Waals surface area contributed by atoms with Gasteiger partial charge in [0, 0.05) is 16.2 Å². The van der Waals surface area contributed by atoms with Crippen molar-refractivity contribution in [3.63, 3.8) is 0 Å². The Labute approximate surface area is 127 Å². The van der Waals surface area contributed by atoms with Crippen molar-refractivity contribution in [2.75, 3.05) is 0 Å². The third kappa shape index (κ3) is 2.47. The van der Waals surface area contributed by atoms with E-state index >= 15 is 0 Å². The van der Waals surface area contributed by atoms with Crippen molar-refractivity contribution in [2.45, 2.75) is 6.04 Å². The topological polar surface area (TPSA) is 50.9 Å². The second-order valence-corrected chi connectivity index (χ2v) is 6.20. The molecule has 0 fully saturated rings. The molecular formula is C14H11BrFN3S. The van der Waals surface area contributed by atoms with Gasteiger partial charge in [-0.2, -0.15) is 0 Å². The molecule has 20 heavy (non-hydrogen) atoms. The highest BCUT2D eigenvalue weighted by atomic mass is 79.9. The number of pyridine rings is 1. The summed E-state index contributed by atoms with van der Waals surface area (Å²) in [6.07, 6.45) is 1.72. The lowest BCUT2D eigenvalue weighted by Crippen LogP contribution is -2.29. The first-order chi connectivity index (χ1) is 9.69. The van der Waals surface area contributed by atoms with E-state index in [0.717, 1.165) is 20.3 Å². The Hall–Kier alpha value is -1.34. The van der Waals surface area contributed by atoms with Gasteiger partial charge in [0.05, 0.1) is 16.3 Å². The van der Waals surface area contributed by atoms with Crippen LogP contribution in [0.1, 0.15) is 17.2 Å². The minimum absolute atomic E-state index is 0.303. The summed E-state index contributed by atoms with van der Waals surface area (Å²) < 4.78 is 15.9. The standard InChI is InChI=1S/C14H11BrFN3S/c15-9-1-2-11(16)10(6-9)14(19-17)8-5-13-12(18-7-8)3-4-20-13/h1-7,14,19H,17H2. The zero-order valence-corrected chi connectivity index (χ0v) is 12.7. The average molecular weight is 352 g/mol. The van der Waals surface area contributed by atoms with Crippen molar-refractivity contribution < 1.29 is 4.39 Å². The normalized spacial score (nSPS) is 12.8. The van der Waals surface area contributed by atoms with E-state index in [1.165, 1.54) is 6.07 Å². The smallest absolute Gasteiger partial charge is 0.128 e. The van der Waals surface area contributed by atoms with E-state index in [-0.39, 0.29) is 5.82 Å². The number of rotatable bonds is 3. The average Bonchev–Trinajstić information content (AvgIpc) is 2.91. The minimum Gasteiger partial charge on any atom is -0.271 e. The van der Waals surface area contributed by atoms with Crippen molar-refractivity contribution in [1.29, 1.82) is 0 Å². The summed E-state index contributed by atoms with van der Waals surface area (Å²) in [5, 5.41) is 1.98. The molecule has 0 aliphatic heterocycles. The highest BCUT2D eigenvalue weighted by Gasteiger charge is 2.18. The summed E-state index contributed by atoms with van der Waals surface area (Å²) in [6.45, 7) is 0. The molecule has 3 nitrogen and oxygen atoms in total. The van der Waals surface area contributed by atoms with E-state index in [2.05, 4.69) is 26.3 Å². The van der Waals surface area contributed by atoms with Gasteiger partial charge >= 0.3 is 0 Å². The van der Waals surface area contributed by atoms with Crippen LogP contribution in [0, 0.1) is 5.82 Å². The van der Waals surface area contributed by atoms with E-state index < -0.39 is 6.04 Å². The first-order valence-electron chi connectivity index (χ1n) is 5.93. The van der Waals surface area contributed by atoms with E-state index in [0.29, 0.717) is 5.56 Å². The van der Waals surface area contributed by atoms with Crippen LogP contribution in [0.5, 0.6) is 0 Å². The third-order valence-corrected chi connectivity index (χ3v) is 4.44. The molecule has 0 aliphatic carbocycles. The van der Waals surface area contributed by atoms with Crippen LogP contribution in [-0.4, -0.2) is 4.98 Å². The fourth-order valence-electron chi connectivity index (χ4n) is 2.12. The van der Waals surface area contributed by atoms with Crippen LogP contribution in [0.2, 0.25) is 0 Å². The lowest BCUT2D eigenvalue weighted by molar-refractivity contribution is 0.559. The summed E-state index contributed by atoms with van der Waals surface area (Å²) in [5.74, 6) is 5.32. The molecule has 0 spiro atoms. The van der Waals surface area contributed by atoms with Crippen molar-refractivity contribution in [1.82, 2.24) is 10.4 Å². The number of thiophene rings is 1. The van der Waals surface area contributed by atoms with Gasteiger partial charge in [-0.15, -0.1) is 11.3 Å². The molecule has 1 unspecified atom stereocenters. The maximum Gasteiger partial charge on any atom is 0.128 e. The highest BCUT2D eigenvalue weighted by Crippen LogP contribution is 2.29. The number of hydrogen-bond acceptors (Lipinski definition) is 4. The Morgan fingerprint density at radius 2 is 2.15 bits per heavy atom. The van der Waals surface area contributed by atoms with Crippen LogP contribution in [0.4, 0.5) is 4.39 Å². The maximum atomic E-state index is 14.0. The zero-order chi connectivity index (χ0) is 14.1. The highest BCUT2D eigenvalue weighted by molar-refractivity contribution is 9.10. The van der Waals surface area contributed by atoms with E-state index in [4.69, 9.17) is 5.84 Å². The zero-order valence-electron chi connectivity index (χ0n) is 10.3.